The summed E-state index contributed by atoms with van der Waals surface area (Å²) in [6.45, 7) is 0. The number of anilines is 1. The molecule has 6 nitrogen and oxygen atoms in total. The first-order chi connectivity index (χ1) is 10.1. The van der Waals surface area contributed by atoms with Crippen molar-refractivity contribution in [3.63, 3.8) is 0 Å². The molecule has 3 rings (SSSR count). The second-order valence-electron chi connectivity index (χ2n) is 5.43. The number of carboxylic acids is 1. The molecule has 2 saturated heterocycles. The summed E-state index contributed by atoms with van der Waals surface area (Å²) in [4.78, 5) is 23.3. The van der Waals surface area contributed by atoms with Crippen LogP contribution in [0.15, 0.2) is 18.2 Å². The van der Waals surface area contributed by atoms with E-state index in [-0.39, 0.29) is 29.6 Å². The largest absolute Gasteiger partial charge is 0.495 e. The Kier molecular flexibility index (Phi) is 3.55. The zero-order chi connectivity index (χ0) is 15.0. The predicted octanol–water partition coefficient (Wildman–Crippen LogP) is 1.90. The summed E-state index contributed by atoms with van der Waals surface area (Å²) in [6.07, 6.45) is 2.94. The second kappa shape index (κ2) is 5.37. The van der Waals surface area contributed by atoms with Gasteiger partial charge in [-0.2, -0.15) is 0 Å². The van der Waals surface area contributed by atoms with Gasteiger partial charge in [0.1, 0.15) is 5.75 Å². The number of ether oxygens (including phenoxy) is 2. The number of carbonyl (C=O) groups excluding carboxylic acids is 1. The van der Waals surface area contributed by atoms with Crippen molar-refractivity contribution in [2.45, 2.75) is 31.5 Å². The topological polar surface area (TPSA) is 84.9 Å². The number of rotatable bonds is 4. The molecule has 2 N–H and O–H groups in total. The monoisotopic (exact) mass is 291 g/mol. The van der Waals surface area contributed by atoms with Crippen LogP contribution in [-0.2, 0) is 9.53 Å². The van der Waals surface area contributed by atoms with E-state index >= 15 is 0 Å². The van der Waals surface area contributed by atoms with Crippen LogP contribution >= 0.6 is 0 Å². The molecule has 0 saturated carbocycles. The average molecular weight is 291 g/mol. The molecule has 2 aliphatic heterocycles. The maximum absolute atomic E-state index is 12.3. The number of amides is 1. The molecule has 3 unspecified atom stereocenters. The summed E-state index contributed by atoms with van der Waals surface area (Å²) >= 11 is 0. The van der Waals surface area contributed by atoms with Crippen LogP contribution in [0, 0.1) is 5.92 Å². The number of methoxy groups -OCH3 is 1. The number of hydrogen-bond donors (Lipinski definition) is 2. The molecule has 21 heavy (non-hydrogen) atoms. The van der Waals surface area contributed by atoms with Gasteiger partial charge < -0.3 is 19.9 Å². The van der Waals surface area contributed by atoms with Crippen molar-refractivity contribution in [2.75, 3.05) is 12.4 Å². The zero-order valence-electron chi connectivity index (χ0n) is 11.7. The SMILES string of the molecule is COc1cc(C(=O)O)ccc1NC(=O)C1CC2CCC1O2. The summed E-state index contributed by atoms with van der Waals surface area (Å²) in [6, 6.07) is 4.39. The number of carboxylic acid groups (broad SMARTS) is 1. The standard InChI is InChI=1S/C15H17NO5/c1-20-13-6-8(15(18)19)2-4-11(13)16-14(17)10-7-9-3-5-12(10)21-9/h2,4,6,9-10,12H,3,5,7H2,1H3,(H,16,17)(H,18,19). The van der Waals surface area contributed by atoms with Gasteiger partial charge in [-0.05, 0) is 37.5 Å². The fourth-order valence-corrected chi connectivity index (χ4v) is 3.07. The Bertz CT molecular complexity index is 585. The zero-order valence-corrected chi connectivity index (χ0v) is 11.7. The van der Waals surface area contributed by atoms with Crippen molar-refractivity contribution in [3.05, 3.63) is 23.8 Å². The van der Waals surface area contributed by atoms with Crippen LogP contribution in [0.3, 0.4) is 0 Å². The van der Waals surface area contributed by atoms with Crippen molar-refractivity contribution < 1.29 is 24.2 Å². The quantitative estimate of drug-likeness (QED) is 0.885. The Balaban J connectivity index is 1.75. The Labute approximate surface area is 122 Å². The highest BCUT2D eigenvalue weighted by Gasteiger charge is 2.44. The first-order valence-corrected chi connectivity index (χ1v) is 6.96. The van der Waals surface area contributed by atoms with Crippen molar-refractivity contribution >= 4 is 17.6 Å². The molecular formula is C15H17NO5. The first-order valence-electron chi connectivity index (χ1n) is 6.96. The molecule has 0 radical (unpaired) electrons. The maximum Gasteiger partial charge on any atom is 0.335 e. The lowest BCUT2D eigenvalue weighted by molar-refractivity contribution is -0.121. The van der Waals surface area contributed by atoms with Crippen molar-refractivity contribution in [1.82, 2.24) is 0 Å². The van der Waals surface area contributed by atoms with Crippen LogP contribution < -0.4 is 10.1 Å². The highest BCUT2D eigenvalue weighted by molar-refractivity contribution is 5.96. The van der Waals surface area contributed by atoms with E-state index in [1.165, 1.54) is 19.2 Å². The third-order valence-corrected chi connectivity index (χ3v) is 4.15. The van der Waals surface area contributed by atoms with E-state index in [2.05, 4.69) is 5.32 Å². The van der Waals surface area contributed by atoms with Gasteiger partial charge in [-0.3, -0.25) is 4.79 Å². The number of carbonyl (C=O) groups is 2. The molecule has 2 aliphatic rings. The minimum atomic E-state index is -1.03. The fourth-order valence-electron chi connectivity index (χ4n) is 3.07. The second-order valence-corrected chi connectivity index (χ2v) is 5.43. The molecule has 0 aliphatic carbocycles. The van der Waals surface area contributed by atoms with E-state index in [9.17, 15) is 9.59 Å². The predicted molar refractivity (Wildman–Crippen MR) is 74.6 cm³/mol. The van der Waals surface area contributed by atoms with Gasteiger partial charge in [0.05, 0.1) is 36.5 Å². The Morgan fingerprint density at radius 3 is 2.76 bits per heavy atom. The van der Waals surface area contributed by atoms with Crippen molar-refractivity contribution in [3.8, 4) is 5.75 Å². The molecular weight excluding hydrogens is 274 g/mol. The van der Waals surface area contributed by atoms with Gasteiger partial charge in [0.25, 0.3) is 0 Å². The number of aromatic carboxylic acids is 1. The molecule has 112 valence electrons. The highest BCUT2D eigenvalue weighted by atomic mass is 16.5. The fraction of sp³-hybridized carbons (Fsp3) is 0.467. The highest BCUT2D eigenvalue weighted by Crippen LogP contribution is 2.39. The molecule has 1 amide bonds. The number of nitrogens with one attached hydrogen (secondary N) is 1. The van der Waals surface area contributed by atoms with Crippen LogP contribution in [0.4, 0.5) is 5.69 Å². The number of benzene rings is 1. The van der Waals surface area contributed by atoms with Gasteiger partial charge in [0, 0.05) is 0 Å². The van der Waals surface area contributed by atoms with Crippen molar-refractivity contribution in [2.24, 2.45) is 5.92 Å². The van der Waals surface area contributed by atoms with Crippen LogP contribution in [0.5, 0.6) is 5.75 Å². The molecule has 1 aromatic rings. The first kappa shape index (κ1) is 13.9. The lowest BCUT2D eigenvalue weighted by Crippen LogP contribution is -2.30. The average Bonchev–Trinajstić information content (AvgIpc) is 3.10. The summed E-state index contributed by atoms with van der Waals surface area (Å²) in [7, 11) is 1.44. The smallest absolute Gasteiger partial charge is 0.335 e. The van der Waals surface area contributed by atoms with E-state index in [0.717, 1.165) is 19.3 Å². The molecule has 2 bridgehead atoms. The Morgan fingerprint density at radius 2 is 2.19 bits per heavy atom. The van der Waals surface area contributed by atoms with Gasteiger partial charge in [-0.15, -0.1) is 0 Å². The summed E-state index contributed by atoms with van der Waals surface area (Å²) < 4.78 is 10.8. The van der Waals surface area contributed by atoms with Crippen LogP contribution in [0.25, 0.3) is 0 Å². The third-order valence-electron chi connectivity index (χ3n) is 4.15. The molecule has 0 aromatic heterocycles. The minimum Gasteiger partial charge on any atom is -0.495 e. The molecule has 6 heteroatoms. The third kappa shape index (κ3) is 2.58. The van der Waals surface area contributed by atoms with E-state index < -0.39 is 5.97 Å². The Morgan fingerprint density at radius 1 is 1.38 bits per heavy atom. The van der Waals surface area contributed by atoms with Gasteiger partial charge in [0.15, 0.2) is 0 Å². The molecule has 2 fully saturated rings. The van der Waals surface area contributed by atoms with Crippen LogP contribution in [0.2, 0.25) is 0 Å². The van der Waals surface area contributed by atoms with E-state index in [4.69, 9.17) is 14.6 Å². The van der Waals surface area contributed by atoms with Gasteiger partial charge in [0.2, 0.25) is 5.91 Å². The van der Waals surface area contributed by atoms with E-state index in [0.29, 0.717) is 11.4 Å². The Hall–Kier alpha value is -2.08. The summed E-state index contributed by atoms with van der Waals surface area (Å²) in [5, 5.41) is 11.8. The molecule has 2 heterocycles. The number of hydrogen-bond acceptors (Lipinski definition) is 4. The van der Waals surface area contributed by atoms with Gasteiger partial charge in [-0.25, -0.2) is 4.79 Å². The molecule has 3 atom stereocenters. The van der Waals surface area contributed by atoms with Crippen LogP contribution in [-0.4, -0.2) is 36.3 Å². The van der Waals surface area contributed by atoms with E-state index in [1.807, 2.05) is 0 Å². The van der Waals surface area contributed by atoms with Crippen LogP contribution in [0.1, 0.15) is 29.6 Å². The lowest BCUT2D eigenvalue weighted by atomic mass is 9.88. The van der Waals surface area contributed by atoms with Gasteiger partial charge >= 0.3 is 5.97 Å². The van der Waals surface area contributed by atoms with Gasteiger partial charge in [-0.1, -0.05) is 0 Å². The van der Waals surface area contributed by atoms with E-state index in [1.54, 1.807) is 6.07 Å². The molecule has 1 aromatic carbocycles. The minimum absolute atomic E-state index is 0.0132. The number of fused-ring (bicyclic) bond motifs is 2. The maximum atomic E-state index is 12.3. The normalized spacial score (nSPS) is 26.6. The summed E-state index contributed by atoms with van der Waals surface area (Å²) in [5.74, 6) is -0.920. The molecule has 0 spiro atoms. The lowest BCUT2D eigenvalue weighted by Gasteiger charge is -2.19. The summed E-state index contributed by atoms with van der Waals surface area (Å²) in [5.41, 5.74) is 0.600. The van der Waals surface area contributed by atoms with Crippen molar-refractivity contribution in [1.29, 1.82) is 0 Å².